The highest BCUT2D eigenvalue weighted by Gasteiger charge is 2.34. The summed E-state index contributed by atoms with van der Waals surface area (Å²) >= 11 is 0. The number of esters is 1. The maximum atomic E-state index is 12.5. The molecule has 8 nitrogen and oxygen atoms in total. The van der Waals surface area contributed by atoms with E-state index in [1.165, 1.54) is 6.08 Å². The predicted octanol–water partition coefficient (Wildman–Crippen LogP) is 3.24. The van der Waals surface area contributed by atoms with Gasteiger partial charge < -0.3 is 4.74 Å². The van der Waals surface area contributed by atoms with Crippen LogP contribution in [0.3, 0.4) is 0 Å². The van der Waals surface area contributed by atoms with Gasteiger partial charge in [-0.1, -0.05) is 30.3 Å². The van der Waals surface area contributed by atoms with Crippen molar-refractivity contribution in [1.29, 1.82) is 5.26 Å². The van der Waals surface area contributed by atoms with Crippen molar-refractivity contribution in [2.24, 2.45) is 0 Å². The third-order valence-corrected chi connectivity index (χ3v) is 5.40. The van der Waals surface area contributed by atoms with E-state index >= 15 is 0 Å². The second-order valence-corrected chi connectivity index (χ2v) is 7.45. The average molecular weight is 440 g/mol. The molecule has 0 unspecified atom stereocenters. The predicted molar refractivity (Wildman–Crippen MR) is 119 cm³/mol. The van der Waals surface area contributed by atoms with Gasteiger partial charge in [-0.25, -0.2) is 9.48 Å². The number of carbonyl (C=O) groups excluding carboxylic acids is 3. The van der Waals surface area contributed by atoms with E-state index in [1.807, 2.05) is 43.3 Å². The van der Waals surface area contributed by atoms with Gasteiger partial charge >= 0.3 is 5.97 Å². The lowest BCUT2D eigenvalue weighted by Gasteiger charge is -2.13. The number of ether oxygens (including phenoxy) is 1. The van der Waals surface area contributed by atoms with Crippen molar-refractivity contribution < 1.29 is 19.1 Å². The highest BCUT2D eigenvalue weighted by Crippen LogP contribution is 2.23. The van der Waals surface area contributed by atoms with Crippen LogP contribution >= 0.6 is 0 Å². The first-order valence-corrected chi connectivity index (χ1v) is 10.3. The van der Waals surface area contributed by atoms with E-state index < -0.39 is 17.8 Å². The highest BCUT2D eigenvalue weighted by molar-refractivity contribution is 6.21. The second kappa shape index (κ2) is 8.93. The minimum Gasteiger partial charge on any atom is -0.460 e. The Morgan fingerprint density at radius 2 is 1.64 bits per heavy atom. The molecule has 3 aromatic rings. The summed E-state index contributed by atoms with van der Waals surface area (Å²) < 4.78 is 6.93. The number of fused-ring (bicyclic) bond motifs is 1. The molecule has 0 bridgehead atoms. The normalized spacial score (nSPS) is 13.1. The van der Waals surface area contributed by atoms with Gasteiger partial charge in [0.15, 0.2) is 0 Å². The van der Waals surface area contributed by atoms with Crippen molar-refractivity contribution in [1.82, 2.24) is 14.7 Å². The summed E-state index contributed by atoms with van der Waals surface area (Å²) in [5, 5.41) is 14.0. The number of hydrogen-bond acceptors (Lipinski definition) is 6. The Hall–Kier alpha value is -4.51. The molecule has 1 aliphatic rings. The van der Waals surface area contributed by atoms with E-state index in [-0.39, 0.29) is 18.7 Å². The molecule has 33 heavy (non-hydrogen) atoms. The lowest BCUT2D eigenvalue weighted by Crippen LogP contribution is -2.33. The zero-order valence-corrected chi connectivity index (χ0v) is 18.1. The summed E-state index contributed by atoms with van der Waals surface area (Å²) in [5.74, 6) is -1.69. The van der Waals surface area contributed by atoms with Gasteiger partial charge in [-0.3, -0.25) is 14.5 Å². The van der Waals surface area contributed by atoms with E-state index in [1.54, 1.807) is 35.9 Å². The van der Waals surface area contributed by atoms with E-state index in [0.717, 1.165) is 16.3 Å². The Balaban J connectivity index is 1.46. The highest BCUT2D eigenvalue weighted by atomic mass is 16.5. The van der Waals surface area contributed by atoms with Gasteiger partial charge in [-0.2, -0.15) is 10.4 Å². The molecular formula is C25H20N4O4. The van der Waals surface area contributed by atoms with Crippen LogP contribution in [0.5, 0.6) is 0 Å². The first kappa shape index (κ1) is 21.7. The summed E-state index contributed by atoms with van der Waals surface area (Å²) in [6.45, 7) is 3.33. The number of carbonyl (C=O) groups is 3. The quantitative estimate of drug-likeness (QED) is 0.252. The first-order valence-electron chi connectivity index (χ1n) is 10.3. The molecule has 0 spiro atoms. The van der Waals surface area contributed by atoms with Crippen molar-refractivity contribution >= 4 is 23.9 Å². The van der Waals surface area contributed by atoms with Crippen LogP contribution in [0.15, 0.2) is 60.2 Å². The van der Waals surface area contributed by atoms with Gasteiger partial charge in [0, 0.05) is 11.3 Å². The summed E-state index contributed by atoms with van der Waals surface area (Å²) in [7, 11) is 0. The fourth-order valence-electron chi connectivity index (χ4n) is 3.72. The van der Waals surface area contributed by atoms with Gasteiger partial charge in [0.05, 0.1) is 29.1 Å². The number of nitrogens with zero attached hydrogens (tertiary/aromatic N) is 4. The number of hydrogen-bond donors (Lipinski definition) is 0. The van der Waals surface area contributed by atoms with Crippen molar-refractivity contribution in [3.05, 3.63) is 88.2 Å². The monoisotopic (exact) mass is 440 g/mol. The third-order valence-electron chi connectivity index (χ3n) is 5.40. The molecule has 2 amide bonds. The fraction of sp³-hybridized carbons (Fsp3) is 0.160. The largest absolute Gasteiger partial charge is 0.460 e. The van der Waals surface area contributed by atoms with Crippen LogP contribution in [0.1, 0.15) is 37.7 Å². The molecular weight excluding hydrogens is 420 g/mol. The minimum atomic E-state index is -0.833. The Morgan fingerprint density at radius 1 is 1.03 bits per heavy atom. The maximum Gasteiger partial charge on any atom is 0.348 e. The molecule has 2 aromatic carbocycles. The van der Waals surface area contributed by atoms with Crippen LogP contribution in [0.2, 0.25) is 0 Å². The third kappa shape index (κ3) is 4.04. The van der Waals surface area contributed by atoms with Gasteiger partial charge in [-0.15, -0.1) is 0 Å². The number of rotatable bonds is 6. The Morgan fingerprint density at radius 3 is 2.24 bits per heavy atom. The lowest BCUT2D eigenvalue weighted by molar-refractivity contribution is -0.138. The average Bonchev–Trinajstić information content (AvgIpc) is 3.25. The van der Waals surface area contributed by atoms with Gasteiger partial charge in [0.1, 0.15) is 18.2 Å². The Kier molecular flexibility index (Phi) is 5.87. The summed E-state index contributed by atoms with van der Waals surface area (Å²) in [6, 6.07) is 17.9. The smallest absolute Gasteiger partial charge is 0.348 e. The zero-order chi connectivity index (χ0) is 23.5. The number of imide groups is 1. The first-order chi connectivity index (χ1) is 15.9. The molecule has 0 fully saturated rings. The number of para-hydroxylation sites is 1. The molecule has 0 atom stereocenters. The topological polar surface area (TPSA) is 105 Å². The molecule has 8 heteroatoms. The van der Waals surface area contributed by atoms with Crippen molar-refractivity contribution in [2.75, 3.05) is 13.2 Å². The van der Waals surface area contributed by atoms with Crippen LogP contribution in [0.4, 0.5) is 0 Å². The second-order valence-electron chi connectivity index (χ2n) is 7.45. The molecule has 0 saturated heterocycles. The number of amides is 2. The molecule has 1 aliphatic heterocycles. The van der Waals surface area contributed by atoms with E-state index in [2.05, 4.69) is 5.10 Å². The SMILES string of the molecule is Cc1nn(-c2ccccc2)c(C)c1/C=C(/C#N)C(=O)OCCN1C(=O)c2ccccc2C1=O. The van der Waals surface area contributed by atoms with Crippen LogP contribution in [0, 0.1) is 25.2 Å². The minimum absolute atomic E-state index is 0.0964. The number of aromatic nitrogens is 2. The van der Waals surface area contributed by atoms with Gasteiger partial charge in [-0.05, 0) is 44.2 Å². The molecule has 0 radical (unpaired) electrons. The molecule has 0 N–H and O–H groups in total. The molecule has 4 rings (SSSR count). The Bertz CT molecular complexity index is 1300. The van der Waals surface area contributed by atoms with E-state index in [9.17, 15) is 19.6 Å². The standard InChI is InChI=1S/C25H20N4O4/c1-16-22(17(2)29(27-16)19-8-4-3-5-9-19)14-18(15-26)25(32)33-13-12-28-23(30)20-10-6-7-11-21(20)24(28)31/h3-11,14H,12-13H2,1-2H3/b18-14-. The summed E-state index contributed by atoms with van der Waals surface area (Å²) in [6.07, 6.45) is 1.45. The molecule has 164 valence electrons. The van der Waals surface area contributed by atoms with Crippen LogP contribution < -0.4 is 0 Å². The lowest BCUT2D eigenvalue weighted by atomic mass is 10.1. The number of aryl methyl sites for hydroxylation is 1. The van der Waals surface area contributed by atoms with Crippen LogP contribution in [-0.4, -0.2) is 45.6 Å². The van der Waals surface area contributed by atoms with Crippen molar-refractivity contribution in [3.8, 4) is 11.8 Å². The molecule has 0 saturated carbocycles. The Labute approximate surface area is 190 Å². The molecule has 0 aliphatic carbocycles. The van der Waals surface area contributed by atoms with Crippen LogP contribution in [0.25, 0.3) is 11.8 Å². The molecule has 2 heterocycles. The van der Waals surface area contributed by atoms with Crippen LogP contribution in [-0.2, 0) is 9.53 Å². The number of nitriles is 1. The van der Waals surface area contributed by atoms with Crippen molar-refractivity contribution in [3.63, 3.8) is 0 Å². The number of benzene rings is 2. The summed E-state index contributed by atoms with van der Waals surface area (Å²) in [5.41, 5.74) is 3.39. The van der Waals surface area contributed by atoms with E-state index in [0.29, 0.717) is 22.4 Å². The van der Waals surface area contributed by atoms with E-state index in [4.69, 9.17) is 4.74 Å². The zero-order valence-electron chi connectivity index (χ0n) is 18.1. The van der Waals surface area contributed by atoms with Gasteiger partial charge in [0.2, 0.25) is 0 Å². The van der Waals surface area contributed by atoms with Crippen molar-refractivity contribution in [2.45, 2.75) is 13.8 Å². The summed E-state index contributed by atoms with van der Waals surface area (Å²) in [4.78, 5) is 38.3. The van der Waals surface area contributed by atoms with Gasteiger partial charge in [0.25, 0.3) is 11.8 Å². The molecule has 1 aromatic heterocycles. The fourth-order valence-corrected chi connectivity index (χ4v) is 3.72. The maximum absolute atomic E-state index is 12.5.